The molecule has 1 aliphatic carbocycles. The number of nitrogens with zero attached hydrogens (tertiary/aromatic N) is 4. The van der Waals surface area contributed by atoms with Crippen LogP contribution in [0.4, 0.5) is 5.69 Å². The maximum Gasteiger partial charge on any atom is 0.132 e. The quantitative estimate of drug-likeness (QED) is 0.310. The summed E-state index contributed by atoms with van der Waals surface area (Å²) in [6, 6.07) is 19.2. The molecule has 1 N–H and O–H groups in total. The Kier molecular flexibility index (Phi) is 21.2. The van der Waals surface area contributed by atoms with Gasteiger partial charge < -0.3 is 21.1 Å². The Morgan fingerprint density at radius 2 is 1.10 bits per heavy atom. The van der Waals surface area contributed by atoms with Crippen molar-refractivity contribution >= 4 is 17.2 Å². The zero-order valence-corrected chi connectivity index (χ0v) is 22.9. The molecule has 0 amide bonds. The number of aliphatic hydroxyl groups excluding tert-OH is 1. The van der Waals surface area contributed by atoms with E-state index in [2.05, 4.69) is 20.9 Å². The van der Waals surface area contributed by atoms with E-state index in [0.29, 0.717) is 0 Å². The first-order valence-corrected chi connectivity index (χ1v) is 9.50. The van der Waals surface area contributed by atoms with Gasteiger partial charge in [0.2, 0.25) is 0 Å². The zero-order chi connectivity index (χ0) is 22.6. The number of benzene rings is 2. The molecule has 2 aromatic rings. The van der Waals surface area contributed by atoms with Crippen molar-refractivity contribution in [1.82, 2.24) is 0 Å². The molecule has 0 saturated carbocycles. The van der Waals surface area contributed by atoms with Gasteiger partial charge in [-0.2, -0.15) is 42.3 Å². The first-order valence-electron chi connectivity index (χ1n) is 9.50. The van der Waals surface area contributed by atoms with Gasteiger partial charge in [-0.25, -0.2) is 4.99 Å². The summed E-state index contributed by atoms with van der Waals surface area (Å²) < 4.78 is 0. The third-order valence-corrected chi connectivity index (χ3v) is 3.21. The van der Waals surface area contributed by atoms with Crippen molar-refractivity contribution in [2.24, 2.45) is 4.99 Å². The van der Waals surface area contributed by atoms with E-state index >= 15 is 0 Å². The van der Waals surface area contributed by atoms with Crippen LogP contribution >= 0.6 is 0 Å². The summed E-state index contributed by atoms with van der Waals surface area (Å²) in [5.41, 5.74) is 3.14. The Balaban J connectivity index is 0. The molecule has 1 aliphatic rings. The van der Waals surface area contributed by atoms with E-state index in [1.54, 1.807) is 42.3 Å². The van der Waals surface area contributed by atoms with Gasteiger partial charge in [0.25, 0.3) is 0 Å². The second kappa shape index (κ2) is 21.1. The van der Waals surface area contributed by atoms with E-state index in [0.717, 1.165) is 22.5 Å². The van der Waals surface area contributed by atoms with Crippen molar-refractivity contribution in [3.63, 3.8) is 0 Å². The van der Waals surface area contributed by atoms with E-state index in [1.165, 1.54) is 0 Å². The number of para-hydroxylation sites is 1. The van der Waals surface area contributed by atoms with Crippen LogP contribution in [0.2, 0.25) is 0 Å². The molecule has 0 heterocycles. The summed E-state index contributed by atoms with van der Waals surface area (Å²) >= 11 is 0. The van der Waals surface area contributed by atoms with Crippen LogP contribution in [0, 0.1) is 0 Å². The van der Waals surface area contributed by atoms with E-state index in [4.69, 9.17) is 0 Å². The van der Waals surface area contributed by atoms with Crippen LogP contribution in [0.1, 0.15) is 5.56 Å². The molecule has 0 aromatic heterocycles. The first-order chi connectivity index (χ1) is 14.6. The van der Waals surface area contributed by atoms with E-state index in [1.807, 2.05) is 85.0 Å². The summed E-state index contributed by atoms with van der Waals surface area (Å²) in [6.45, 7) is 0. The van der Waals surface area contributed by atoms with Crippen LogP contribution < -0.4 is 0 Å². The molecule has 166 valence electrons. The van der Waals surface area contributed by atoms with E-state index in [9.17, 15) is 5.11 Å². The van der Waals surface area contributed by atoms with Gasteiger partial charge >= 0.3 is 0 Å². The van der Waals surface area contributed by atoms with Gasteiger partial charge in [-0.3, -0.25) is 0 Å². The van der Waals surface area contributed by atoms with Crippen LogP contribution in [0.25, 0.3) is 21.7 Å². The van der Waals surface area contributed by atoms with Crippen molar-refractivity contribution in [2.45, 2.75) is 0 Å². The van der Waals surface area contributed by atoms with Crippen molar-refractivity contribution in [3.05, 3.63) is 112 Å². The van der Waals surface area contributed by atoms with Gasteiger partial charge in [0.15, 0.2) is 0 Å². The summed E-state index contributed by atoms with van der Waals surface area (Å²) in [4.78, 5) is 4.61. The molecule has 0 aliphatic heterocycles. The van der Waals surface area contributed by atoms with Gasteiger partial charge in [0.1, 0.15) is 5.76 Å². The average Bonchev–Trinajstić information content (AvgIpc) is 2.77. The fraction of sp³-hybridized carbons (Fsp3) is 0.240. The SMILES string of the molecule is C[N-]C.C[N-]C.C[N-]C.O/C(=C1/C=CC=CC1=Nc1ccccc1)c1ccccc1.[Hf]. The topological polar surface area (TPSA) is 74.9 Å². The summed E-state index contributed by atoms with van der Waals surface area (Å²) in [5, 5.41) is 21.0. The van der Waals surface area contributed by atoms with Crippen molar-refractivity contribution in [1.29, 1.82) is 0 Å². The Labute approximate surface area is 206 Å². The number of aliphatic imine (C=N–C) groups is 1. The standard InChI is InChI=1S/C19H15NO.3C2H6N.Hf/c21-19(15-9-3-1-4-10-15)17-13-7-8-14-18(17)20-16-11-5-2-6-12-16;3*1-3-2;/h1-14,21H;3*1-2H3;/q;3*-1;/b19-17-,20-18?;;;;. The fourth-order valence-electron chi connectivity index (χ4n) is 2.16. The summed E-state index contributed by atoms with van der Waals surface area (Å²) in [5.74, 6) is 0.242. The van der Waals surface area contributed by atoms with Gasteiger partial charge in [-0.05, 0) is 24.3 Å². The van der Waals surface area contributed by atoms with Crippen molar-refractivity contribution < 1.29 is 30.9 Å². The van der Waals surface area contributed by atoms with Crippen LogP contribution in [0.5, 0.6) is 0 Å². The third-order valence-electron chi connectivity index (χ3n) is 3.21. The smallest absolute Gasteiger partial charge is 0.132 e. The maximum atomic E-state index is 10.5. The van der Waals surface area contributed by atoms with Crippen LogP contribution in [0.3, 0.4) is 0 Å². The van der Waals surface area contributed by atoms with Gasteiger partial charge in [0.05, 0.1) is 11.4 Å². The molecule has 0 unspecified atom stereocenters. The molecule has 0 spiro atoms. The molecule has 31 heavy (non-hydrogen) atoms. The van der Waals surface area contributed by atoms with Crippen LogP contribution in [-0.4, -0.2) is 53.1 Å². The Morgan fingerprint density at radius 3 is 1.58 bits per heavy atom. The number of aliphatic hydroxyl groups is 1. The number of hydrogen-bond donors (Lipinski definition) is 1. The number of hydrogen-bond acceptors (Lipinski definition) is 2. The predicted molar refractivity (Wildman–Crippen MR) is 133 cm³/mol. The molecule has 0 fully saturated rings. The van der Waals surface area contributed by atoms with Gasteiger partial charge in [0, 0.05) is 37.0 Å². The molecule has 0 atom stereocenters. The second-order valence-corrected chi connectivity index (χ2v) is 6.02. The van der Waals surface area contributed by atoms with E-state index in [-0.39, 0.29) is 31.6 Å². The third kappa shape index (κ3) is 13.7. The molecule has 5 nitrogen and oxygen atoms in total. The minimum Gasteiger partial charge on any atom is -0.668 e. The zero-order valence-electron chi connectivity index (χ0n) is 19.3. The minimum absolute atomic E-state index is 0. The molecule has 3 rings (SSSR count). The Morgan fingerprint density at radius 1 is 0.677 bits per heavy atom. The molecule has 6 heteroatoms. The number of rotatable bonds is 2. The van der Waals surface area contributed by atoms with Crippen molar-refractivity contribution in [2.75, 3.05) is 42.3 Å². The maximum absolute atomic E-state index is 10.5. The Hall–Kier alpha value is -2.12. The summed E-state index contributed by atoms with van der Waals surface area (Å²) in [7, 11) is 10.5. The van der Waals surface area contributed by atoms with Gasteiger partial charge in [-0.1, -0.05) is 60.7 Å². The van der Waals surface area contributed by atoms with E-state index < -0.39 is 0 Å². The predicted octanol–water partition coefficient (Wildman–Crippen LogP) is 6.71. The average molecular weight is 584 g/mol. The summed E-state index contributed by atoms with van der Waals surface area (Å²) in [6.07, 6.45) is 7.60. The molecule has 0 radical (unpaired) electrons. The van der Waals surface area contributed by atoms with Crippen LogP contribution in [0.15, 0.2) is 95.5 Å². The normalized spacial score (nSPS) is 13.9. The molecule has 0 saturated heterocycles. The Bertz CT molecular complexity index is 796. The molecular weight excluding hydrogens is 551 g/mol. The molecular formula is C25H33HfN4O-3. The van der Waals surface area contributed by atoms with Crippen molar-refractivity contribution in [3.8, 4) is 0 Å². The first kappa shape index (κ1) is 31.1. The largest absolute Gasteiger partial charge is 0.668 e. The van der Waals surface area contributed by atoms with Crippen LogP contribution in [-0.2, 0) is 25.8 Å². The molecule has 0 bridgehead atoms. The minimum atomic E-state index is 0. The fourth-order valence-corrected chi connectivity index (χ4v) is 2.16. The monoisotopic (exact) mass is 585 g/mol. The van der Waals surface area contributed by atoms with Gasteiger partial charge in [-0.15, -0.1) is 0 Å². The second-order valence-electron chi connectivity index (χ2n) is 6.02. The number of allylic oxidation sites excluding steroid dienone is 5. The molecule has 2 aromatic carbocycles.